The number of carbonyl (C=O) groups is 1. The standard InChI is InChI=1S/C10H11F2NO2/c1-13(15-2)10(14)8-6-4-3-5-7(8)9(11)12/h3-6,9H,1-2H3. The van der Waals surface area contributed by atoms with Crippen LogP contribution in [0.2, 0.25) is 0 Å². The van der Waals surface area contributed by atoms with Crippen LogP contribution in [0.25, 0.3) is 0 Å². The highest BCUT2D eigenvalue weighted by Gasteiger charge is 2.20. The highest BCUT2D eigenvalue weighted by atomic mass is 19.3. The maximum Gasteiger partial charge on any atom is 0.277 e. The zero-order valence-electron chi connectivity index (χ0n) is 8.41. The van der Waals surface area contributed by atoms with Gasteiger partial charge in [-0.05, 0) is 6.07 Å². The fourth-order valence-electron chi connectivity index (χ4n) is 1.13. The Morgan fingerprint density at radius 3 is 2.53 bits per heavy atom. The molecule has 15 heavy (non-hydrogen) atoms. The zero-order chi connectivity index (χ0) is 11.4. The second-order valence-corrected chi connectivity index (χ2v) is 2.87. The summed E-state index contributed by atoms with van der Waals surface area (Å²) in [4.78, 5) is 16.2. The summed E-state index contributed by atoms with van der Waals surface area (Å²) in [6.07, 6.45) is -2.67. The average molecular weight is 215 g/mol. The minimum Gasteiger partial charge on any atom is -0.274 e. The topological polar surface area (TPSA) is 29.5 Å². The molecule has 3 nitrogen and oxygen atoms in total. The van der Waals surface area contributed by atoms with Crippen LogP contribution in [0.15, 0.2) is 24.3 Å². The van der Waals surface area contributed by atoms with Crippen LogP contribution in [0.4, 0.5) is 8.78 Å². The third-order valence-corrected chi connectivity index (χ3v) is 1.99. The molecule has 0 aromatic heterocycles. The van der Waals surface area contributed by atoms with Gasteiger partial charge in [0.2, 0.25) is 0 Å². The van der Waals surface area contributed by atoms with E-state index in [0.29, 0.717) is 0 Å². The van der Waals surface area contributed by atoms with E-state index in [9.17, 15) is 13.6 Å². The molecule has 0 aliphatic rings. The summed E-state index contributed by atoms with van der Waals surface area (Å²) >= 11 is 0. The molecule has 0 fully saturated rings. The van der Waals surface area contributed by atoms with Crippen molar-refractivity contribution < 1.29 is 18.4 Å². The molecular formula is C10H11F2NO2. The van der Waals surface area contributed by atoms with E-state index < -0.39 is 12.3 Å². The summed E-state index contributed by atoms with van der Waals surface area (Å²) in [5.41, 5.74) is -0.330. The molecule has 0 saturated carbocycles. The van der Waals surface area contributed by atoms with Crippen molar-refractivity contribution in [3.05, 3.63) is 35.4 Å². The molecule has 0 unspecified atom stereocenters. The molecule has 0 bridgehead atoms. The van der Waals surface area contributed by atoms with Crippen LogP contribution < -0.4 is 0 Å². The van der Waals surface area contributed by atoms with Gasteiger partial charge in [0.05, 0.1) is 12.7 Å². The normalized spacial score (nSPS) is 10.5. The number of halogens is 2. The number of alkyl halides is 2. The molecule has 0 radical (unpaired) electrons. The molecule has 0 spiro atoms. The van der Waals surface area contributed by atoms with Crippen molar-refractivity contribution in [3.8, 4) is 0 Å². The summed E-state index contributed by atoms with van der Waals surface area (Å²) in [6, 6.07) is 5.56. The number of hydrogen-bond donors (Lipinski definition) is 0. The first-order valence-corrected chi connectivity index (χ1v) is 4.27. The van der Waals surface area contributed by atoms with Crippen molar-refractivity contribution in [2.45, 2.75) is 6.43 Å². The maximum atomic E-state index is 12.5. The maximum absolute atomic E-state index is 12.5. The number of rotatable bonds is 3. The van der Waals surface area contributed by atoms with Crippen LogP contribution >= 0.6 is 0 Å². The summed E-state index contributed by atoms with van der Waals surface area (Å²) < 4.78 is 25.1. The van der Waals surface area contributed by atoms with Gasteiger partial charge in [0.1, 0.15) is 0 Å². The Hall–Kier alpha value is -1.49. The summed E-state index contributed by atoms with van der Waals surface area (Å²) in [5.74, 6) is -0.589. The smallest absolute Gasteiger partial charge is 0.274 e. The molecule has 0 aliphatic heterocycles. The van der Waals surface area contributed by atoms with Crippen molar-refractivity contribution in [2.75, 3.05) is 14.2 Å². The van der Waals surface area contributed by atoms with Crippen molar-refractivity contribution in [3.63, 3.8) is 0 Å². The van der Waals surface area contributed by atoms with E-state index in [1.165, 1.54) is 38.4 Å². The third kappa shape index (κ3) is 2.50. The van der Waals surface area contributed by atoms with E-state index in [1.54, 1.807) is 0 Å². The van der Waals surface area contributed by atoms with Crippen LogP contribution in [0.3, 0.4) is 0 Å². The van der Waals surface area contributed by atoms with Gasteiger partial charge >= 0.3 is 0 Å². The Kier molecular flexibility index (Phi) is 3.74. The SMILES string of the molecule is CON(C)C(=O)c1ccccc1C(F)F. The molecular weight excluding hydrogens is 204 g/mol. The fraction of sp³-hybridized carbons (Fsp3) is 0.300. The van der Waals surface area contributed by atoms with Crippen molar-refractivity contribution in [1.82, 2.24) is 5.06 Å². The lowest BCUT2D eigenvalue weighted by molar-refractivity contribution is -0.0759. The van der Waals surface area contributed by atoms with Crippen LogP contribution in [0.5, 0.6) is 0 Å². The van der Waals surface area contributed by atoms with Gasteiger partial charge < -0.3 is 0 Å². The van der Waals surface area contributed by atoms with Gasteiger partial charge in [0.25, 0.3) is 12.3 Å². The zero-order valence-corrected chi connectivity index (χ0v) is 8.41. The Labute approximate surface area is 86.2 Å². The van der Waals surface area contributed by atoms with Crippen LogP contribution in [0, 0.1) is 0 Å². The molecule has 0 saturated heterocycles. The number of nitrogens with zero attached hydrogens (tertiary/aromatic N) is 1. The molecule has 0 atom stereocenters. The van der Waals surface area contributed by atoms with Gasteiger partial charge in [-0.15, -0.1) is 0 Å². The first-order valence-electron chi connectivity index (χ1n) is 4.27. The van der Waals surface area contributed by atoms with E-state index in [1.807, 2.05) is 0 Å². The second-order valence-electron chi connectivity index (χ2n) is 2.87. The van der Waals surface area contributed by atoms with Crippen molar-refractivity contribution >= 4 is 5.91 Å². The Balaban J connectivity index is 3.08. The number of carbonyl (C=O) groups excluding carboxylic acids is 1. The lowest BCUT2D eigenvalue weighted by atomic mass is 10.1. The summed E-state index contributed by atoms with van der Waals surface area (Å²) in [7, 11) is 2.66. The van der Waals surface area contributed by atoms with Gasteiger partial charge in [-0.1, -0.05) is 18.2 Å². The van der Waals surface area contributed by atoms with Crippen LogP contribution in [-0.4, -0.2) is 25.1 Å². The summed E-state index contributed by atoms with van der Waals surface area (Å²) in [5, 5.41) is 0.904. The first kappa shape index (κ1) is 11.6. The van der Waals surface area contributed by atoms with Gasteiger partial charge in [0.15, 0.2) is 0 Å². The van der Waals surface area contributed by atoms with Gasteiger partial charge in [-0.3, -0.25) is 9.63 Å². The predicted molar refractivity (Wildman–Crippen MR) is 50.5 cm³/mol. The first-order chi connectivity index (χ1) is 7.07. The fourth-order valence-corrected chi connectivity index (χ4v) is 1.13. The molecule has 1 rings (SSSR count). The predicted octanol–water partition coefficient (Wildman–Crippen LogP) is 2.26. The van der Waals surface area contributed by atoms with Gasteiger partial charge in [-0.25, -0.2) is 13.8 Å². The van der Waals surface area contributed by atoms with E-state index >= 15 is 0 Å². The molecule has 1 aromatic rings. The highest BCUT2D eigenvalue weighted by molar-refractivity contribution is 5.94. The monoisotopic (exact) mass is 215 g/mol. The number of benzene rings is 1. The Morgan fingerprint density at radius 2 is 2.00 bits per heavy atom. The third-order valence-electron chi connectivity index (χ3n) is 1.99. The van der Waals surface area contributed by atoms with Crippen LogP contribution in [0.1, 0.15) is 22.3 Å². The van der Waals surface area contributed by atoms with Crippen molar-refractivity contribution in [2.24, 2.45) is 0 Å². The largest absolute Gasteiger partial charge is 0.277 e. The van der Waals surface area contributed by atoms with Gasteiger partial charge in [-0.2, -0.15) is 0 Å². The molecule has 0 heterocycles. The minimum atomic E-state index is -2.67. The average Bonchev–Trinajstić information content (AvgIpc) is 2.27. The lowest BCUT2D eigenvalue weighted by Gasteiger charge is -2.15. The molecule has 5 heteroatoms. The lowest BCUT2D eigenvalue weighted by Crippen LogP contribution is -2.26. The number of hydroxylamine groups is 2. The van der Waals surface area contributed by atoms with E-state index in [-0.39, 0.29) is 11.1 Å². The summed E-state index contributed by atoms with van der Waals surface area (Å²) in [6.45, 7) is 0. The quantitative estimate of drug-likeness (QED) is 0.724. The van der Waals surface area contributed by atoms with Crippen LogP contribution in [-0.2, 0) is 4.84 Å². The van der Waals surface area contributed by atoms with Crippen molar-refractivity contribution in [1.29, 1.82) is 0 Å². The molecule has 1 aromatic carbocycles. The molecule has 1 amide bonds. The van der Waals surface area contributed by atoms with E-state index in [2.05, 4.69) is 4.84 Å². The second kappa shape index (κ2) is 4.84. The number of amides is 1. The minimum absolute atomic E-state index is 0.0446. The molecule has 82 valence electrons. The van der Waals surface area contributed by atoms with E-state index in [4.69, 9.17) is 0 Å². The molecule has 0 aliphatic carbocycles. The highest BCUT2D eigenvalue weighted by Crippen LogP contribution is 2.23. The number of hydrogen-bond acceptors (Lipinski definition) is 2. The Bertz CT molecular complexity index is 355. The Morgan fingerprint density at radius 1 is 1.40 bits per heavy atom. The van der Waals surface area contributed by atoms with Gasteiger partial charge in [0, 0.05) is 12.6 Å². The van der Waals surface area contributed by atoms with E-state index in [0.717, 1.165) is 5.06 Å². The molecule has 0 N–H and O–H groups in total.